The van der Waals surface area contributed by atoms with Crippen LogP contribution in [0.2, 0.25) is 0 Å². The Balaban J connectivity index is 2.16. The number of carboxylic acid groups (broad SMARTS) is 1. The van der Waals surface area contributed by atoms with Gasteiger partial charge in [-0.3, -0.25) is 4.79 Å². The molecule has 0 spiro atoms. The predicted molar refractivity (Wildman–Crippen MR) is 55.6 cm³/mol. The van der Waals surface area contributed by atoms with E-state index in [4.69, 9.17) is 9.84 Å². The van der Waals surface area contributed by atoms with E-state index in [0.29, 0.717) is 25.4 Å². The van der Waals surface area contributed by atoms with Crippen molar-refractivity contribution in [3.05, 3.63) is 0 Å². The zero-order chi connectivity index (χ0) is 11.3. The molecule has 1 aliphatic heterocycles. The summed E-state index contributed by atoms with van der Waals surface area (Å²) in [5, 5.41) is 18.1. The molecule has 3 unspecified atom stereocenters. The lowest BCUT2D eigenvalue weighted by molar-refractivity contribution is -0.137. The van der Waals surface area contributed by atoms with E-state index < -0.39 is 5.97 Å². The second-order valence-electron chi connectivity index (χ2n) is 4.24. The highest BCUT2D eigenvalue weighted by molar-refractivity contribution is 5.66. The van der Waals surface area contributed by atoms with E-state index in [1.807, 2.05) is 6.92 Å². The lowest BCUT2D eigenvalue weighted by Gasteiger charge is -2.15. The van der Waals surface area contributed by atoms with Gasteiger partial charge in [0, 0.05) is 13.0 Å². The van der Waals surface area contributed by atoms with Crippen molar-refractivity contribution in [2.45, 2.75) is 51.2 Å². The number of rotatable bonds is 6. The molecular formula is C11H20O4. The van der Waals surface area contributed by atoms with Gasteiger partial charge in [0.2, 0.25) is 0 Å². The number of carbonyl (C=O) groups is 1. The van der Waals surface area contributed by atoms with Crippen molar-refractivity contribution in [3.63, 3.8) is 0 Å². The molecule has 0 radical (unpaired) electrons. The topological polar surface area (TPSA) is 66.8 Å². The largest absolute Gasteiger partial charge is 0.481 e. The molecule has 1 aliphatic rings. The minimum Gasteiger partial charge on any atom is -0.481 e. The van der Waals surface area contributed by atoms with E-state index in [1.165, 1.54) is 0 Å². The summed E-state index contributed by atoms with van der Waals surface area (Å²) in [5.41, 5.74) is 0. The maximum absolute atomic E-state index is 10.3. The molecule has 2 N–H and O–H groups in total. The third kappa shape index (κ3) is 4.18. The molecule has 4 nitrogen and oxygen atoms in total. The van der Waals surface area contributed by atoms with Crippen molar-refractivity contribution >= 4 is 5.97 Å². The maximum Gasteiger partial charge on any atom is 0.303 e. The zero-order valence-electron chi connectivity index (χ0n) is 9.19. The van der Waals surface area contributed by atoms with Gasteiger partial charge in [0.05, 0.1) is 12.2 Å². The van der Waals surface area contributed by atoms with Crippen molar-refractivity contribution in [1.82, 2.24) is 0 Å². The Labute approximate surface area is 90.2 Å². The van der Waals surface area contributed by atoms with E-state index in [2.05, 4.69) is 0 Å². The maximum atomic E-state index is 10.3. The van der Waals surface area contributed by atoms with Gasteiger partial charge >= 0.3 is 5.97 Å². The van der Waals surface area contributed by atoms with Crippen molar-refractivity contribution in [1.29, 1.82) is 0 Å². The van der Waals surface area contributed by atoms with Crippen LogP contribution in [0.4, 0.5) is 0 Å². The molecule has 0 aromatic rings. The molecule has 3 atom stereocenters. The lowest BCUT2D eigenvalue weighted by atomic mass is 9.96. The van der Waals surface area contributed by atoms with Gasteiger partial charge in [-0.05, 0) is 31.6 Å². The SMILES string of the molecule is CCC(O)C1CC(CCCC(=O)O)CO1. The first-order valence-corrected chi connectivity index (χ1v) is 5.65. The Hall–Kier alpha value is -0.610. The Kier molecular flexibility index (Phi) is 5.05. The molecule has 0 saturated carbocycles. The van der Waals surface area contributed by atoms with E-state index in [9.17, 15) is 9.90 Å². The van der Waals surface area contributed by atoms with E-state index in [1.54, 1.807) is 0 Å². The lowest BCUT2D eigenvalue weighted by Crippen LogP contribution is -2.24. The summed E-state index contributed by atoms with van der Waals surface area (Å²) in [7, 11) is 0. The smallest absolute Gasteiger partial charge is 0.303 e. The van der Waals surface area contributed by atoms with Crippen LogP contribution in [-0.2, 0) is 9.53 Å². The molecule has 15 heavy (non-hydrogen) atoms. The number of ether oxygens (including phenoxy) is 1. The molecule has 88 valence electrons. The first-order valence-electron chi connectivity index (χ1n) is 5.65. The summed E-state index contributed by atoms with van der Waals surface area (Å²) in [5.74, 6) is -0.311. The van der Waals surface area contributed by atoms with Crippen LogP contribution in [-0.4, -0.2) is 35.0 Å². The van der Waals surface area contributed by atoms with Crippen molar-refractivity contribution in [3.8, 4) is 0 Å². The molecule has 0 aliphatic carbocycles. The van der Waals surface area contributed by atoms with Crippen molar-refractivity contribution < 1.29 is 19.7 Å². The molecule has 1 fully saturated rings. The minimum absolute atomic E-state index is 0.0372. The summed E-state index contributed by atoms with van der Waals surface area (Å²) in [6.07, 6.45) is 3.01. The van der Waals surface area contributed by atoms with Crippen LogP contribution in [0, 0.1) is 5.92 Å². The molecule has 0 aromatic heterocycles. The molecule has 0 amide bonds. The number of hydrogen-bond acceptors (Lipinski definition) is 3. The second kappa shape index (κ2) is 6.08. The minimum atomic E-state index is -0.737. The third-order valence-corrected chi connectivity index (χ3v) is 2.96. The highest BCUT2D eigenvalue weighted by Gasteiger charge is 2.29. The monoisotopic (exact) mass is 216 g/mol. The average molecular weight is 216 g/mol. The van der Waals surface area contributed by atoms with E-state index in [0.717, 1.165) is 12.8 Å². The van der Waals surface area contributed by atoms with Crippen LogP contribution in [0.1, 0.15) is 39.0 Å². The number of aliphatic hydroxyl groups excluding tert-OH is 1. The van der Waals surface area contributed by atoms with Crippen LogP contribution in [0.5, 0.6) is 0 Å². The van der Waals surface area contributed by atoms with Gasteiger partial charge in [0.15, 0.2) is 0 Å². The second-order valence-corrected chi connectivity index (χ2v) is 4.24. The third-order valence-electron chi connectivity index (χ3n) is 2.96. The fourth-order valence-corrected chi connectivity index (χ4v) is 2.00. The number of aliphatic carboxylic acids is 1. The Bertz CT molecular complexity index is 205. The molecular weight excluding hydrogens is 196 g/mol. The van der Waals surface area contributed by atoms with Gasteiger partial charge in [0.25, 0.3) is 0 Å². The van der Waals surface area contributed by atoms with Gasteiger partial charge in [-0.25, -0.2) is 0 Å². The number of hydrogen-bond donors (Lipinski definition) is 2. The predicted octanol–water partition coefficient (Wildman–Crippen LogP) is 1.42. The highest BCUT2D eigenvalue weighted by atomic mass is 16.5. The Morgan fingerprint density at radius 1 is 1.60 bits per heavy atom. The Morgan fingerprint density at radius 3 is 2.93 bits per heavy atom. The van der Waals surface area contributed by atoms with Gasteiger partial charge in [-0.1, -0.05) is 6.92 Å². The molecule has 1 saturated heterocycles. The fraction of sp³-hybridized carbons (Fsp3) is 0.909. The summed E-state index contributed by atoms with van der Waals surface area (Å²) < 4.78 is 5.48. The molecule has 4 heteroatoms. The summed E-state index contributed by atoms with van der Waals surface area (Å²) in [6, 6.07) is 0. The van der Waals surface area contributed by atoms with Crippen LogP contribution < -0.4 is 0 Å². The zero-order valence-corrected chi connectivity index (χ0v) is 9.19. The standard InChI is InChI=1S/C11H20O4/c1-2-9(12)10-6-8(7-15-10)4-3-5-11(13)14/h8-10,12H,2-7H2,1H3,(H,13,14). The fourth-order valence-electron chi connectivity index (χ4n) is 2.00. The normalized spacial score (nSPS) is 27.9. The van der Waals surface area contributed by atoms with Crippen LogP contribution in [0.15, 0.2) is 0 Å². The van der Waals surface area contributed by atoms with Crippen molar-refractivity contribution in [2.24, 2.45) is 5.92 Å². The average Bonchev–Trinajstić information content (AvgIpc) is 2.65. The first-order chi connectivity index (χ1) is 7.13. The number of carboxylic acids is 1. The van der Waals surface area contributed by atoms with E-state index >= 15 is 0 Å². The van der Waals surface area contributed by atoms with Gasteiger partial charge < -0.3 is 14.9 Å². The Morgan fingerprint density at radius 2 is 2.33 bits per heavy atom. The highest BCUT2D eigenvalue weighted by Crippen LogP contribution is 2.27. The summed E-state index contributed by atoms with van der Waals surface area (Å²) >= 11 is 0. The van der Waals surface area contributed by atoms with Crippen LogP contribution >= 0.6 is 0 Å². The molecule has 1 heterocycles. The van der Waals surface area contributed by atoms with Gasteiger partial charge in [0.1, 0.15) is 0 Å². The molecule has 0 aromatic carbocycles. The molecule has 1 rings (SSSR count). The first kappa shape index (κ1) is 12.5. The van der Waals surface area contributed by atoms with E-state index in [-0.39, 0.29) is 18.6 Å². The van der Waals surface area contributed by atoms with Crippen molar-refractivity contribution in [2.75, 3.05) is 6.61 Å². The quantitative estimate of drug-likeness (QED) is 0.704. The van der Waals surface area contributed by atoms with Gasteiger partial charge in [-0.15, -0.1) is 0 Å². The van der Waals surface area contributed by atoms with Gasteiger partial charge in [-0.2, -0.15) is 0 Å². The molecule has 0 bridgehead atoms. The van der Waals surface area contributed by atoms with Crippen LogP contribution in [0.3, 0.4) is 0 Å². The summed E-state index contributed by atoms with van der Waals surface area (Å²) in [6.45, 7) is 2.60. The number of aliphatic hydroxyl groups is 1. The summed E-state index contributed by atoms with van der Waals surface area (Å²) in [4.78, 5) is 10.3. The van der Waals surface area contributed by atoms with Crippen LogP contribution in [0.25, 0.3) is 0 Å².